The summed E-state index contributed by atoms with van der Waals surface area (Å²) < 4.78 is 5.32. The van der Waals surface area contributed by atoms with E-state index in [2.05, 4.69) is 11.9 Å². The van der Waals surface area contributed by atoms with Crippen LogP contribution in [0.5, 0.6) is 0 Å². The van der Waals surface area contributed by atoms with Crippen LogP contribution in [0, 0.1) is 0 Å². The SMILES string of the molecule is CCCOCCC(O)Cc1ccncc1. The molecule has 0 amide bonds. The molecule has 0 saturated carbocycles. The van der Waals surface area contributed by atoms with Gasteiger partial charge in [0.25, 0.3) is 0 Å². The molecule has 1 unspecified atom stereocenters. The van der Waals surface area contributed by atoms with Gasteiger partial charge in [0.2, 0.25) is 0 Å². The molecule has 0 bridgehead atoms. The molecular formula is C12H19NO2. The fourth-order valence-corrected chi connectivity index (χ4v) is 1.36. The second-order valence-electron chi connectivity index (χ2n) is 3.61. The molecule has 3 heteroatoms. The number of hydrogen-bond donors (Lipinski definition) is 1. The third-order valence-corrected chi connectivity index (χ3v) is 2.16. The van der Waals surface area contributed by atoms with E-state index in [0.717, 1.165) is 18.6 Å². The Morgan fingerprint density at radius 3 is 2.73 bits per heavy atom. The predicted molar refractivity (Wildman–Crippen MR) is 59.7 cm³/mol. The lowest BCUT2D eigenvalue weighted by atomic mass is 10.1. The van der Waals surface area contributed by atoms with Crippen LogP contribution in [0.25, 0.3) is 0 Å². The Balaban J connectivity index is 2.16. The van der Waals surface area contributed by atoms with Crippen molar-refractivity contribution in [3.8, 4) is 0 Å². The number of aromatic nitrogens is 1. The third kappa shape index (κ3) is 5.50. The van der Waals surface area contributed by atoms with Crippen molar-refractivity contribution in [3.63, 3.8) is 0 Å². The Hall–Kier alpha value is -0.930. The van der Waals surface area contributed by atoms with Gasteiger partial charge in [-0.1, -0.05) is 6.92 Å². The highest BCUT2D eigenvalue weighted by molar-refractivity contribution is 5.10. The van der Waals surface area contributed by atoms with Crippen molar-refractivity contribution in [3.05, 3.63) is 30.1 Å². The zero-order valence-electron chi connectivity index (χ0n) is 9.22. The molecule has 1 atom stereocenters. The summed E-state index contributed by atoms with van der Waals surface area (Å²) in [6.07, 6.45) is 5.58. The standard InChI is InChI=1S/C12H19NO2/c1-2-8-15-9-5-12(14)10-11-3-6-13-7-4-11/h3-4,6-7,12,14H,2,5,8-10H2,1H3. The van der Waals surface area contributed by atoms with Gasteiger partial charge < -0.3 is 9.84 Å². The molecule has 3 nitrogen and oxygen atoms in total. The molecule has 0 aliphatic heterocycles. The molecule has 1 heterocycles. The van der Waals surface area contributed by atoms with Gasteiger partial charge in [0.15, 0.2) is 0 Å². The van der Waals surface area contributed by atoms with Crippen molar-refractivity contribution in [1.82, 2.24) is 4.98 Å². The van der Waals surface area contributed by atoms with E-state index in [1.807, 2.05) is 12.1 Å². The molecule has 0 aliphatic carbocycles. The minimum absolute atomic E-state index is 0.316. The second kappa shape index (κ2) is 7.37. The van der Waals surface area contributed by atoms with Gasteiger partial charge in [-0.3, -0.25) is 4.98 Å². The monoisotopic (exact) mass is 209 g/mol. The molecule has 1 N–H and O–H groups in total. The molecular weight excluding hydrogens is 190 g/mol. The number of nitrogens with zero attached hydrogens (tertiary/aromatic N) is 1. The van der Waals surface area contributed by atoms with Crippen molar-refractivity contribution in [2.45, 2.75) is 32.3 Å². The lowest BCUT2D eigenvalue weighted by molar-refractivity contribution is 0.0824. The lowest BCUT2D eigenvalue weighted by Gasteiger charge is -2.10. The summed E-state index contributed by atoms with van der Waals surface area (Å²) in [5, 5.41) is 9.70. The van der Waals surface area contributed by atoms with E-state index >= 15 is 0 Å². The Morgan fingerprint density at radius 2 is 2.07 bits per heavy atom. The molecule has 0 aliphatic rings. The summed E-state index contributed by atoms with van der Waals surface area (Å²) in [5.74, 6) is 0. The molecule has 1 aromatic rings. The van der Waals surface area contributed by atoms with Crippen LogP contribution >= 0.6 is 0 Å². The summed E-state index contributed by atoms with van der Waals surface area (Å²) in [4.78, 5) is 3.93. The molecule has 1 rings (SSSR count). The molecule has 0 fully saturated rings. The number of aliphatic hydroxyl groups excluding tert-OH is 1. The molecule has 0 saturated heterocycles. The summed E-state index contributed by atoms with van der Waals surface area (Å²) in [6.45, 7) is 3.50. The van der Waals surface area contributed by atoms with Gasteiger partial charge >= 0.3 is 0 Å². The zero-order chi connectivity index (χ0) is 10.9. The van der Waals surface area contributed by atoms with Crippen LogP contribution in [0.15, 0.2) is 24.5 Å². The Labute approximate surface area is 91.1 Å². The van der Waals surface area contributed by atoms with Gasteiger partial charge in [0.1, 0.15) is 0 Å². The van der Waals surface area contributed by atoms with Crippen LogP contribution in [0.3, 0.4) is 0 Å². The van der Waals surface area contributed by atoms with Crippen molar-refractivity contribution in [1.29, 1.82) is 0 Å². The van der Waals surface area contributed by atoms with Gasteiger partial charge in [0.05, 0.1) is 6.10 Å². The highest BCUT2D eigenvalue weighted by atomic mass is 16.5. The topological polar surface area (TPSA) is 42.4 Å². The van der Waals surface area contributed by atoms with Crippen molar-refractivity contribution in [2.24, 2.45) is 0 Å². The molecule has 0 aromatic carbocycles. The largest absolute Gasteiger partial charge is 0.393 e. The quantitative estimate of drug-likeness (QED) is 0.696. The average Bonchev–Trinajstić information content (AvgIpc) is 2.26. The maximum atomic E-state index is 9.70. The van der Waals surface area contributed by atoms with Gasteiger partial charge in [-0.15, -0.1) is 0 Å². The highest BCUT2D eigenvalue weighted by Crippen LogP contribution is 2.04. The number of ether oxygens (including phenoxy) is 1. The summed E-state index contributed by atoms with van der Waals surface area (Å²) in [6, 6.07) is 3.85. The van der Waals surface area contributed by atoms with Crippen LogP contribution in [-0.4, -0.2) is 29.4 Å². The first-order valence-electron chi connectivity index (χ1n) is 5.47. The van der Waals surface area contributed by atoms with Crippen molar-refractivity contribution < 1.29 is 9.84 Å². The molecule has 0 spiro atoms. The lowest BCUT2D eigenvalue weighted by Crippen LogP contribution is -2.13. The van der Waals surface area contributed by atoms with Crippen molar-refractivity contribution in [2.75, 3.05) is 13.2 Å². The number of aliphatic hydroxyl groups is 1. The summed E-state index contributed by atoms with van der Waals surface area (Å²) in [7, 11) is 0. The zero-order valence-corrected chi connectivity index (χ0v) is 9.22. The minimum Gasteiger partial charge on any atom is -0.393 e. The maximum absolute atomic E-state index is 9.70. The van der Waals surface area contributed by atoms with E-state index in [1.165, 1.54) is 0 Å². The van der Waals surface area contributed by atoms with E-state index < -0.39 is 0 Å². The smallest absolute Gasteiger partial charge is 0.0602 e. The Morgan fingerprint density at radius 1 is 1.33 bits per heavy atom. The van der Waals surface area contributed by atoms with Gasteiger partial charge in [-0.2, -0.15) is 0 Å². The van der Waals surface area contributed by atoms with Crippen molar-refractivity contribution >= 4 is 0 Å². The van der Waals surface area contributed by atoms with E-state index in [9.17, 15) is 5.11 Å². The van der Waals surface area contributed by atoms with Gasteiger partial charge in [0, 0.05) is 25.6 Å². The third-order valence-electron chi connectivity index (χ3n) is 2.16. The molecule has 1 aromatic heterocycles. The number of pyridine rings is 1. The molecule has 15 heavy (non-hydrogen) atoms. The fourth-order valence-electron chi connectivity index (χ4n) is 1.36. The second-order valence-corrected chi connectivity index (χ2v) is 3.61. The molecule has 0 radical (unpaired) electrons. The van der Waals surface area contributed by atoms with Crippen LogP contribution in [0.1, 0.15) is 25.3 Å². The first-order valence-corrected chi connectivity index (χ1v) is 5.47. The fraction of sp³-hybridized carbons (Fsp3) is 0.583. The Bertz CT molecular complexity index is 251. The normalized spacial score (nSPS) is 12.7. The summed E-state index contributed by atoms with van der Waals surface area (Å²) >= 11 is 0. The first kappa shape index (κ1) is 12.1. The van der Waals surface area contributed by atoms with E-state index in [0.29, 0.717) is 19.4 Å². The van der Waals surface area contributed by atoms with E-state index in [4.69, 9.17) is 4.74 Å². The highest BCUT2D eigenvalue weighted by Gasteiger charge is 2.04. The van der Waals surface area contributed by atoms with Crippen LogP contribution in [-0.2, 0) is 11.2 Å². The number of hydrogen-bond acceptors (Lipinski definition) is 3. The summed E-state index contributed by atoms with van der Waals surface area (Å²) in [5.41, 5.74) is 1.12. The van der Waals surface area contributed by atoms with E-state index in [-0.39, 0.29) is 6.10 Å². The average molecular weight is 209 g/mol. The number of rotatable bonds is 7. The minimum atomic E-state index is -0.316. The first-order chi connectivity index (χ1) is 7.33. The van der Waals surface area contributed by atoms with Gasteiger partial charge in [-0.05, 0) is 37.0 Å². The van der Waals surface area contributed by atoms with Crippen LogP contribution in [0.4, 0.5) is 0 Å². The predicted octanol–water partition coefficient (Wildman–Crippen LogP) is 1.80. The van der Waals surface area contributed by atoms with Crippen LogP contribution in [0.2, 0.25) is 0 Å². The maximum Gasteiger partial charge on any atom is 0.0602 e. The van der Waals surface area contributed by atoms with Gasteiger partial charge in [-0.25, -0.2) is 0 Å². The van der Waals surface area contributed by atoms with Crippen LogP contribution < -0.4 is 0 Å². The Kier molecular flexibility index (Phi) is 5.97. The molecule has 84 valence electrons. The van der Waals surface area contributed by atoms with E-state index in [1.54, 1.807) is 12.4 Å².